The van der Waals surface area contributed by atoms with Gasteiger partial charge in [0.1, 0.15) is 5.69 Å². The molecule has 2 aromatic carbocycles. The van der Waals surface area contributed by atoms with Crippen molar-refractivity contribution in [3.63, 3.8) is 0 Å². The summed E-state index contributed by atoms with van der Waals surface area (Å²) in [7, 11) is 4.16. The zero-order valence-electron chi connectivity index (χ0n) is 16.0. The molecule has 1 aliphatic rings. The van der Waals surface area contributed by atoms with Gasteiger partial charge >= 0.3 is 0 Å². The van der Waals surface area contributed by atoms with E-state index in [0.717, 1.165) is 43.6 Å². The van der Waals surface area contributed by atoms with E-state index in [1.165, 1.54) is 11.3 Å². The minimum atomic E-state index is 0.0968. The second-order valence-electron chi connectivity index (χ2n) is 7.36. The van der Waals surface area contributed by atoms with E-state index in [4.69, 9.17) is 0 Å². The van der Waals surface area contributed by atoms with Gasteiger partial charge in [-0.1, -0.05) is 36.4 Å². The fourth-order valence-corrected chi connectivity index (χ4v) is 3.79. The lowest BCUT2D eigenvalue weighted by molar-refractivity contribution is 0.0624. The predicted octanol–water partition coefficient (Wildman–Crippen LogP) is 3.19. The molecular formula is C22H26N4O. The zero-order valence-corrected chi connectivity index (χ0v) is 16.0. The summed E-state index contributed by atoms with van der Waals surface area (Å²) in [6.07, 6.45) is 0. The van der Waals surface area contributed by atoms with Crippen LogP contribution in [0.4, 0.5) is 5.69 Å². The van der Waals surface area contributed by atoms with Gasteiger partial charge in [-0.2, -0.15) is 0 Å². The molecule has 0 saturated carbocycles. The van der Waals surface area contributed by atoms with Gasteiger partial charge in [0.25, 0.3) is 5.91 Å². The van der Waals surface area contributed by atoms with Gasteiger partial charge in [0.05, 0.1) is 0 Å². The number of hydrogen-bond acceptors (Lipinski definition) is 3. The maximum Gasteiger partial charge on any atom is 0.270 e. The minimum absolute atomic E-state index is 0.0968. The highest BCUT2D eigenvalue weighted by Crippen LogP contribution is 2.21. The molecule has 1 amide bonds. The number of amides is 1. The van der Waals surface area contributed by atoms with Crippen LogP contribution in [-0.2, 0) is 6.54 Å². The number of hydrogen-bond donors (Lipinski definition) is 1. The van der Waals surface area contributed by atoms with Crippen LogP contribution in [0.3, 0.4) is 0 Å². The van der Waals surface area contributed by atoms with Crippen molar-refractivity contribution in [3.8, 4) is 0 Å². The monoisotopic (exact) mass is 362 g/mol. The van der Waals surface area contributed by atoms with Gasteiger partial charge in [-0.3, -0.25) is 9.69 Å². The zero-order chi connectivity index (χ0) is 18.8. The summed E-state index contributed by atoms with van der Waals surface area (Å²) in [4.78, 5) is 22.6. The first-order valence-electron chi connectivity index (χ1n) is 9.46. The van der Waals surface area contributed by atoms with Gasteiger partial charge in [-0.15, -0.1) is 0 Å². The first-order chi connectivity index (χ1) is 13.1. The number of rotatable bonds is 4. The van der Waals surface area contributed by atoms with Crippen LogP contribution in [0.1, 0.15) is 16.1 Å². The summed E-state index contributed by atoms with van der Waals surface area (Å²) in [6.45, 7) is 4.24. The Morgan fingerprint density at radius 2 is 1.70 bits per heavy atom. The first-order valence-corrected chi connectivity index (χ1v) is 9.46. The van der Waals surface area contributed by atoms with Gasteiger partial charge in [-0.25, -0.2) is 0 Å². The third kappa shape index (κ3) is 3.69. The molecule has 5 heteroatoms. The van der Waals surface area contributed by atoms with Crippen LogP contribution in [0.25, 0.3) is 10.9 Å². The maximum atomic E-state index is 12.8. The molecule has 1 fully saturated rings. The van der Waals surface area contributed by atoms with E-state index in [0.29, 0.717) is 5.69 Å². The Hall–Kier alpha value is -2.79. The lowest BCUT2D eigenvalue weighted by atomic mass is 10.1. The molecule has 0 spiro atoms. The van der Waals surface area contributed by atoms with Gasteiger partial charge in [0.15, 0.2) is 0 Å². The molecule has 5 nitrogen and oxygen atoms in total. The molecule has 0 unspecified atom stereocenters. The van der Waals surface area contributed by atoms with Gasteiger partial charge in [0.2, 0.25) is 0 Å². The van der Waals surface area contributed by atoms with Crippen LogP contribution in [0.5, 0.6) is 0 Å². The van der Waals surface area contributed by atoms with Gasteiger partial charge < -0.3 is 14.8 Å². The highest BCUT2D eigenvalue weighted by Gasteiger charge is 2.23. The summed E-state index contributed by atoms with van der Waals surface area (Å²) >= 11 is 0. The van der Waals surface area contributed by atoms with Gasteiger partial charge in [-0.05, 0) is 23.8 Å². The van der Waals surface area contributed by atoms with Crippen molar-refractivity contribution in [1.82, 2.24) is 14.8 Å². The second kappa shape index (κ2) is 7.45. The number of piperazine rings is 1. The first kappa shape index (κ1) is 17.6. The van der Waals surface area contributed by atoms with E-state index < -0.39 is 0 Å². The third-order valence-corrected chi connectivity index (χ3v) is 5.29. The molecule has 2 heterocycles. The van der Waals surface area contributed by atoms with E-state index in [-0.39, 0.29) is 5.91 Å². The third-order valence-electron chi connectivity index (χ3n) is 5.29. The number of aromatic nitrogens is 1. The Bertz CT molecular complexity index is 905. The maximum absolute atomic E-state index is 12.8. The standard InChI is InChI=1S/C22H26N4O/c1-24(2)21-10-6-4-8-18(21)16-25-11-13-26(14-12-25)22(27)20-15-17-7-3-5-9-19(17)23-20/h3-10,15,23H,11-14,16H2,1-2H3. The van der Waals surface area contributed by atoms with Crippen LogP contribution in [0.15, 0.2) is 54.6 Å². The van der Waals surface area contributed by atoms with Crippen molar-refractivity contribution in [2.75, 3.05) is 45.2 Å². The molecule has 140 valence electrons. The van der Waals surface area contributed by atoms with E-state index in [9.17, 15) is 4.79 Å². The molecule has 1 aliphatic heterocycles. The summed E-state index contributed by atoms with van der Waals surface area (Å²) in [5.41, 5.74) is 4.29. The van der Waals surface area contributed by atoms with Crippen molar-refractivity contribution in [2.45, 2.75) is 6.54 Å². The molecular weight excluding hydrogens is 336 g/mol. The van der Waals surface area contributed by atoms with E-state index in [2.05, 4.69) is 53.1 Å². The van der Waals surface area contributed by atoms with Gasteiger partial charge in [0, 0.05) is 63.4 Å². The van der Waals surface area contributed by atoms with E-state index in [1.54, 1.807) is 0 Å². The molecule has 3 aromatic rings. The lowest BCUT2D eigenvalue weighted by Gasteiger charge is -2.35. The number of para-hydroxylation sites is 2. The van der Waals surface area contributed by atoms with Crippen LogP contribution < -0.4 is 4.90 Å². The normalized spacial score (nSPS) is 15.3. The second-order valence-corrected chi connectivity index (χ2v) is 7.36. The summed E-state index contributed by atoms with van der Waals surface area (Å²) < 4.78 is 0. The molecule has 4 rings (SSSR count). The van der Waals surface area contributed by atoms with E-state index in [1.807, 2.05) is 35.2 Å². The molecule has 0 aliphatic carbocycles. The largest absolute Gasteiger partial charge is 0.377 e. The molecule has 1 N–H and O–H groups in total. The number of anilines is 1. The lowest BCUT2D eigenvalue weighted by Crippen LogP contribution is -2.48. The predicted molar refractivity (Wildman–Crippen MR) is 110 cm³/mol. The molecule has 0 atom stereocenters. The average molecular weight is 362 g/mol. The molecule has 1 saturated heterocycles. The fraction of sp³-hybridized carbons (Fsp3) is 0.318. The topological polar surface area (TPSA) is 42.6 Å². The molecule has 0 radical (unpaired) electrons. The Kier molecular flexibility index (Phi) is 4.86. The average Bonchev–Trinajstić information content (AvgIpc) is 3.12. The summed E-state index contributed by atoms with van der Waals surface area (Å²) in [6, 6.07) is 18.5. The number of H-pyrrole nitrogens is 1. The van der Waals surface area contributed by atoms with Crippen LogP contribution in [-0.4, -0.2) is 61.0 Å². The van der Waals surface area contributed by atoms with Crippen molar-refractivity contribution >= 4 is 22.5 Å². The Morgan fingerprint density at radius 1 is 1.00 bits per heavy atom. The smallest absolute Gasteiger partial charge is 0.270 e. The number of aromatic amines is 1. The minimum Gasteiger partial charge on any atom is -0.377 e. The van der Waals surface area contributed by atoms with Crippen LogP contribution in [0, 0.1) is 0 Å². The van der Waals surface area contributed by atoms with E-state index >= 15 is 0 Å². The van der Waals surface area contributed by atoms with Crippen LogP contribution >= 0.6 is 0 Å². The highest BCUT2D eigenvalue weighted by molar-refractivity contribution is 5.98. The Balaban J connectivity index is 1.39. The number of carbonyl (C=O) groups is 1. The quantitative estimate of drug-likeness (QED) is 0.775. The van der Waals surface area contributed by atoms with Crippen molar-refractivity contribution in [2.24, 2.45) is 0 Å². The fourth-order valence-electron chi connectivity index (χ4n) is 3.79. The number of fused-ring (bicyclic) bond motifs is 1. The van der Waals surface area contributed by atoms with Crippen molar-refractivity contribution < 1.29 is 4.79 Å². The number of nitrogens with zero attached hydrogens (tertiary/aromatic N) is 3. The molecule has 27 heavy (non-hydrogen) atoms. The van der Waals surface area contributed by atoms with Crippen LogP contribution in [0.2, 0.25) is 0 Å². The van der Waals surface area contributed by atoms with Crippen molar-refractivity contribution in [3.05, 3.63) is 65.9 Å². The Morgan fingerprint density at radius 3 is 2.44 bits per heavy atom. The number of benzene rings is 2. The molecule has 1 aromatic heterocycles. The number of nitrogens with one attached hydrogen (secondary N) is 1. The SMILES string of the molecule is CN(C)c1ccccc1CN1CCN(C(=O)c2cc3ccccc3[nH]2)CC1. The highest BCUT2D eigenvalue weighted by atomic mass is 16.2. The Labute approximate surface area is 160 Å². The summed E-state index contributed by atoms with van der Waals surface area (Å²) in [5.74, 6) is 0.0968. The van der Waals surface area contributed by atoms with Crippen molar-refractivity contribution in [1.29, 1.82) is 0 Å². The molecule has 0 bridgehead atoms. The summed E-state index contributed by atoms with van der Waals surface area (Å²) in [5, 5.41) is 1.08. The number of carbonyl (C=O) groups excluding carboxylic acids is 1.